The van der Waals surface area contributed by atoms with Crippen LogP contribution in [0, 0.1) is 0 Å². The van der Waals surface area contributed by atoms with E-state index in [4.69, 9.17) is 11.5 Å². The molecule has 0 aliphatic heterocycles. The lowest BCUT2D eigenvalue weighted by molar-refractivity contribution is 0.0995. The van der Waals surface area contributed by atoms with Crippen LogP contribution in [0.4, 0.5) is 5.69 Å². The predicted molar refractivity (Wildman–Crippen MR) is 71.5 cm³/mol. The molecule has 0 bridgehead atoms. The first-order chi connectivity index (χ1) is 9.01. The Hall–Kier alpha value is -2.31. The van der Waals surface area contributed by atoms with Crippen LogP contribution in [0.15, 0.2) is 18.5 Å². The molecule has 2 aromatic rings. The summed E-state index contributed by atoms with van der Waals surface area (Å²) in [5.74, 6) is -0.624. The number of nitrogens with zero attached hydrogens (tertiary/aromatic N) is 4. The van der Waals surface area contributed by atoms with Crippen LogP contribution in [0.3, 0.4) is 0 Å². The molecular formula is C12H18N6O. The average Bonchev–Trinajstić information content (AvgIpc) is 2.95. The third-order valence-corrected chi connectivity index (χ3v) is 3.05. The highest BCUT2D eigenvalue weighted by Gasteiger charge is 2.12. The number of primary amides is 1. The van der Waals surface area contributed by atoms with Gasteiger partial charge in [0, 0.05) is 18.4 Å². The molecule has 0 aliphatic carbocycles. The lowest BCUT2D eigenvalue weighted by Crippen LogP contribution is -2.14. The second-order valence-electron chi connectivity index (χ2n) is 4.54. The van der Waals surface area contributed by atoms with Crippen molar-refractivity contribution in [1.29, 1.82) is 0 Å². The molecule has 1 amide bonds. The molecule has 0 fully saturated rings. The second kappa shape index (κ2) is 5.13. The highest BCUT2D eigenvalue weighted by molar-refractivity contribution is 5.95. The summed E-state index contributed by atoms with van der Waals surface area (Å²) in [4.78, 5) is 11.1. The zero-order valence-electron chi connectivity index (χ0n) is 11.1. The average molecular weight is 262 g/mol. The van der Waals surface area contributed by atoms with E-state index in [9.17, 15) is 4.79 Å². The number of aromatic nitrogens is 4. The van der Waals surface area contributed by atoms with Crippen LogP contribution in [-0.2, 0) is 6.54 Å². The van der Waals surface area contributed by atoms with E-state index in [0.717, 1.165) is 12.1 Å². The number of hydrogen-bond donors (Lipinski definition) is 2. The highest BCUT2D eigenvalue weighted by Crippen LogP contribution is 2.12. The van der Waals surface area contributed by atoms with Gasteiger partial charge >= 0.3 is 0 Å². The quantitative estimate of drug-likeness (QED) is 0.830. The molecule has 0 spiro atoms. The summed E-state index contributed by atoms with van der Waals surface area (Å²) < 4.78 is 3.48. The highest BCUT2D eigenvalue weighted by atomic mass is 16.1. The third kappa shape index (κ3) is 2.75. The standard InChI is InChI=1S/C12H18N6O/c1-3-8(2)18-5-4-9(15-18)6-17-7-10(13)11(16-17)12(14)19/h4-5,7-8H,3,6,13H2,1-2H3,(H2,14,19). The summed E-state index contributed by atoms with van der Waals surface area (Å²) in [6, 6.07) is 2.28. The summed E-state index contributed by atoms with van der Waals surface area (Å²) in [7, 11) is 0. The first kappa shape index (κ1) is 13.1. The lowest BCUT2D eigenvalue weighted by atomic mass is 10.3. The largest absolute Gasteiger partial charge is 0.396 e. The Balaban J connectivity index is 2.15. The predicted octanol–water partition coefficient (Wildman–Crippen LogP) is 0.780. The van der Waals surface area contributed by atoms with E-state index in [0.29, 0.717) is 12.6 Å². The molecule has 0 saturated carbocycles. The first-order valence-corrected chi connectivity index (χ1v) is 6.18. The number of carbonyl (C=O) groups is 1. The van der Waals surface area contributed by atoms with Gasteiger partial charge in [-0.25, -0.2) is 0 Å². The molecule has 0 saturated heterocycles. The van der Waals surface area contributed by atoms with Gasteiger partial charge in [-0.3, -0.25) is 14.2 Å². The molecule has 2 rings (SSSR count). The van der Waals surface area contributed by atoms with Crippen molar-refractivity contribution in [3.05, 3.63) is 29.8 Å². The van der Waals surface area contributed by atoms with Crippen LogP contribution in [0.1, 0.15) is 42.5 Å². The maximum Gasteiger partial charge on any atom is 0.271 e. The van der Waals surface area contributed by atoms with Gasteiger partial charge < -0.3 is 11.5 Å². The maximum atomic E-state index is 11.1. The number of carbonyl (C=O) groups excluding carboxylic acids is 1. The molecule has 0 aromatic carbocycles. The van der Waals surface area contributed by atoms with Gasteiger partial charge in [0.05, 0.1) is 17.9 Å². The van der Waals surface area contributed by atoms with Crippen LogP contribution in [0.25, 0.3) is 0 Å². The van der Waals surface area contributed by atoms with Gasteiger partial charge in [-0.1, -0.05) is 6.92 Å². The number of hydrogen-bond acceptors (Lipinski definition) is 4. The van der Waals surface area contributed by atoms with Crippen molar-refractivity contribution in [2.24, 2.45) is 5.73 Å². The minimum atomic E-state index is -0.624. The van der Waals surface area contributed by atoms with Gasteiger partial charge in [0.2, 0.25) is 0 Å². The summed E-state index contributed by atoms with van der Waals surface area (Å²) in [5.41, 5.74) is 12.1. The Morgan fingerprint density at radius 1 is 1.47 bits per heavy atom. The van der Waals surface area contributed by atoms with E-state index >= 15 is 0 Å². The zero-order valence-corrected chi connectivity index (χ0v) is 11.1. The van der Waals surface area contributed by atoms with Crippen LogP contribution in [0.5, 0.6) is 0 Å². The SMILES string of the molecule is CCC(C)n1ccc(Cn2cc(N)c(C(N)=O)n2)n1. The van der Waals surface area contributed by atoms with Crippen LogP contribution >= 0.6 is 0 Å². The number of rotatable bonds is 5. The molecule has 0 aliphatic rings. The molecule has 2 aromatic heterocycles. The van der Waals surface area contributed by atoms with Crippen molar-refractivity contribution in [1.82, 2.24) is 19.6 Å². The molecule has 4 N–H and O–H groups in total. The second-order valence-corrected chi connectivity index (χ2v) is 4.54. The Morgan fingerprint density at radius 2 is 2.21 bits per heavy atom. The third-order valence-electron chi connectivity index (χ3n) is 3.05. The topological polar surface area (TPSA) is 105 Å². The van der Waals surface area contributed by atoms with Crippen molar-refractivity contribution in [2.75, 3.05) is 5.73 Å². The Morgan fingerprint density at radius 3 is 2.79 bits per heavy atom. The molecule has 2 heterocycles. The number of nitrogen functional groups attached to an aromatic ring is 1. The van der Waals surface area contributed by atoms with Crippen molar-refractivity contribution in [2.45, 2.75) is 32.9 Å². The van der Waals surface area contributed by atoms with E-state index in [1.165, 1.54) is 0 Å². The fraction of sp³-hybridized carbons (Fsp3) is 0.417. The van der Waals surface area contributed by atoms with Gasteiger partial charge in [-0.15, -0.1) is 0 Å². The molecule has 0 radical (unpaired) electrons. The van der Waals surface area contributed by atoms with Crippen molar-refractivity contribution < 1.29 is 4.79 Å². The smallest absolute Gasteiger partial charge is 0.271 e. The maximum absolute atomic E-state index is 11.1. The van der Waals surface area contributed by atoms with Gasteiger partial charge in [-0.05, 0) is 19.4 Å². The normalized spacial score (nSPS) is 12.5. The minimum absolute atomic E-state index is 0.0985. The number of nitrogens with two attached hydrogens (primary N) is 2. The van der Waals surface area contributed by atoms with E-state index in [2.05, 4.69) is 24.0 Å². The molecule has 19 heavy (non-hydrogen) atoms. The van der Waals surface area contributed by atoms with Crippen LogP contribution in [0.2, 0.25) is 0 Å². The van der Waals surface area contributed by atoms with Gasteiger partial charge in [-0.2, -0.15) is 10.2 Å². The van der Waals surface area contributed by atoms with E-state index in [1.54, 1.807) is 10.9 Å². The van der Waals surface area contributed by atoms with E-state index in [-0.39, 0.29) is 11.4 Å². The summed E-state index contributed by atoms with van der Waals surface area (Å²) in [5, 5.41) is 8.51. The van der Waals surface area contributed by atoms with Crippen LogP contribution in [-0.4, -0.2) is 25.5 Å². The zero-order chi connectivity index (χ0) is 14.0. The lowest BCUT2D eigenvalue weighted by Gasteiger charge is -2.08. The fourth-order valence-electron chi connectivity index (χ4n) is 1.77. The molecule has 1 atom stereocenters. The summed E-state index contributed by atoms with van der Waals surface area (Å²) in [6.45, 7) is 4.67. The number of anilines is 1. The van der Waals surface area contributed by atoms with Crippen molar-refractivity contribution in [3.63, 3.8) is 0 Å². The van der Waals surface area contributed by atoms with Crippen LogP contribution < -0.4 is 11.5 Å². The molecule has 7 nitrogen and oxygen atoms in total. The van der Waals surface area contributed by atoms with Crippen molar-refractivity contribution >= 4 is 11.6 Å². The van der Waals surface area contributed by atoms with Crippen molar-refractivity contribution in [3.8, 4) is 0 Å². The van der Waals surface area contributed by atoms with E-state index in [1.807, 2.05) is 16.9 Å². The Kier molecular flexibility index (Phi) is 3.55. The Labute approximate surface area is 111 Å². The van der Waals surface area contributed by atoms with Gasteiger partial charge in [0.15, 0.2) is 5.69 Å². The number of amides is 1. The molecular weight excluding hydrogens is 244 g/mol. The summed E-state index contributed by atoms with van der Waals surface area (Å²) >= 11 is 0. The van der Waals surface area contributed by atoms with Gasteiger partial charge in [0.1, 0.15) is 0 Å². The fourth-order valence-corrected chi connectivity index (χ4v) is 1.77. The Bertz CT molecular complexity index is 585. The minimum Gasteiger partial charge on any atom is -0.396 e. The molecule has 1 unspecified atom stereocenters. The molecule has 102 valence electrons. The molecule has 7 heteroatoms. The first-order valence-electron chi connectivity index (χ1n) is 6.18. The monoisotopic (exact) mass is 262 g/mol. The van der Waals surface area contributed by atoms with E-state index < -0.39 is 5.91 Å². The summed E-state index contributed by atoms with van der Waals surface area (Å²) in [6.07, 6.45) is 4.54. The van der Waals surface area contributed by atoms with Gasteiger partial charge in [0.25, 0.3) is 5.91 Å².